The van der Waals surface area contributed by atoms with E-state index >= 15 is 0 Å². The molecule has 1 spiro atoms. The summed E-state index contributed by atoms with van der Waals surface area (Å²) in [7, 11) is 0. The Labute approximate surface area is 356 Å². The summed E-state index contributed by atoms with van der Waals surface area (Å²) in [5, 5.41) is 2.64. The van der Waals surface area contributed by atoms with Crippen molar-refractivity contribution in [1.29, 1.82) is 0 Å². The third kappa shape index (κ3) is 5.23. The molecular formula is C58H45NS. The Kier molecular flexibility index (Phi) is 7.73. The maximum Gasteiger partial charge on any atom is 0.0476 e. The van der Waals surface area contributed by atoms with Crippen LogP contribution in [0.4, 0.5) is 17.1 Å². The van der Waals surface area contributed by atoms with E-state index in [4.69, 9.17) is 0 Å². The highest BCUT2D eigenvalue weighted by atomic mass is 32.1. The minimum absolute atomic E-state index is 0.211. The molecule has 5 aliphatic carbocycles. The summed E-state index contributed by atoms with van der Waals surface area (Å²) in [4.78, 5) is 2.40. The van der Waals surface area contributed by atoms with Gasteiger partial charge in [-0.05, 0) is 166 Å². The fraction of sp³-hybridized carbons (Fsp3) is 0.172. The molecule has 0 atom stereocenters. The molecular weight excluding hydrogens is 743 g/mol. The molecule has 4 bridgehead atoms. The third-order valence-corrected chi connectivity index (χ3v) is 16.2. The second-order valence-electron chi connectivity index (χ2n) is 18.1. The Hall–Kier alpha value is -6.22. The smallest absolute Gasteiger partial charge is 0.0476 e. The van der Waals surface area contributed by atoms with Gasteiger partial charge in [-0.1, -0.05) is 133 Å². The fourth-order valence-electron chi connectivity index (χ4n) is 12.8. The zero-order valence-corrected chi connectivity index (χ0v) is 34.4. The van der Waals surface area contributed by atoms with Gasteiger partial charge in [-0.15, -0.1) is 11.3 Å². The van der Waals surface area contributed by atoms with E-state index in [1.165, 1.54) is 96.8 Å². The van der Waals surface area contributed by atoms with Gasteiger partial charge in [-0.25, -0.2) is 0 Å². The number of anilines is 3. The van der Waals surface area contributed by atoms with E-state index in [2.05, 4.69) is 193 Å². The van der Waals surface area contributed by atoms with Crippen LogP contribution in [-0.2, 0) is 5.41 Å². The van der Waals surface area contributed by atoms with Crippen molar-refractivity contribution >= 4 is 48.6 Å². The molecule has 1 nitrogen and oxygen atoms in total. The van der Waals surface area contributed by atoms with E-state index in [0.717, 1.165) is 40.7 Å². The molecule has 60 heavy (non-hydrogen) atoms. The van der Waals surface area contributed by atoms with Crippen LogP contribution in [-0.4, -0.2) is 0 Å². The molecule has 288 valence electrons. The topological polar surface area (TPSA) is 3.24 Å². The predicted molar refractivity (Wildman–Crippen MR) is 254 cm³/mol. The second kappa shape index (κ2) is 13.4. The molecule has 0 unspecified atom stereocenters. The molecule has 0 amide bonds. The Morgan fingerprint density at radius 2 is 0.900 bits per heavy atom. The van der Waals surface area contributed by atoms with Gasteiger partial charge in [0, 0.05) is 42.6 Å². The lowest BCUT2D eigenvalue weighted by molar-refractivity contribution is -0.0399. The van der Waals surface area contributed by atoms with Crippen molar-refractivity contribution < 1.29 is 0 Å². The van der Waals surface area contributed by atoms with Gasteiger partial charge >= 0.3 is 0 Å². The summed E-state index contributed by atoms with van der Waals surface area (Å²) in [6.07, 6.45) is 7.16. The van der Waals surface area contributed by atoms with E-state index in [9.17, 15) is 0 Å². The summed E-state index contributed by atoms with van der Waals surface area (Å²) in [5.74, 6) is 3.49. The lowest BCUT2D eigenvalue weighted by atomic mass is 9.43. The molecule has 2 heteroatoms. The number of fused-ring (bicyclic) bond motifs is 6. The molecule has 14 rings (SSSR count). The standard InChI is InChI=1S/C58H45NS/c1-2-9-39(10-3-1)40-17-22-47(23-18-40)59(49-26-27-52-51-14-5-7-16-56(51)60-57(52)36-49)48-24-19-41(20-25-48)42-11-8-12-43(34-42)44-21-28-55-53(35-44)50-13-4-6-15-54(50)58(55)45-30-37-29-38(32-45)33-46(58)31-37/h1-28,34-38,45-46H,29-33H2. The average molecular weight is 788 g/mol. The molecule has 0 aliphatic heterocycles. The van der Waals surface area contributed by atoms with Crippen molar-refractivity contribution in [3.8, 4) is 44.5 Å². The number of rotatable bonds is 6. The fourth-order valence-corrected chi connectivity index (χ4v) is 13.9. The highest BCUT2D eigenvalue weighted by molar-refractivity contribution is 7.25. The second-order valence-corrected chi connectivity index (χ2v) is 19.2. The minimum Gasteiger partial charge on any atom is -0.310 e. The first-order valence-corrected chi connectivity index (χ1v) is 22.8. The molecule has 5 aliphatic rings. The van der Waals surface area contributed by atoms with Crippen LogP contribution >= 0.6 is 11.3 Å². The third-order valence-electron chi connectivity index (χ3n) is 15.1. The molecule has 8 aromatic carbocycles. The summed E-state index contributed by atoms with van der Waals surface area (Å²) in [5.41, 5.74) is 17.4. The molecule has 0 radical (unpaired) electrons. The summed E-state index contributed by atoms with van der Waals surface area (Å²) < 4.78 is 2.63. The SMILES string of the molecule is c1ccc(-c2ccc(N(c3ccc(-c4cccc(-c5ccc6c(c5)-c5ccccc5C65C6CC7CC(C6)CC5C7)c4)cc3)c3ccc4c(c3)sc3ccccc34)cc2)cc1. The molecule has 4 saturated carbocycles. The van der Waals surface area contributed by atoms with E-state index < -0.39 is 0 Å². The van der Waals surface area contributed by atoms with Gasteiger partial charge < -0.3 is 4.90 Å². The summed E-state index contributed by atoms with van der Waals surface area (Å²) >= 11 is 1.87. The van der Waals surface area contributed by atoms with E-state index in [0.29, 0.717) is 0 Å². The van der Waals surface area contributed by atoms with Crippen molar-refractivity contribution in [2.24, 2.45) is 23.7 Å². The van der Waals surface area contributed by atoms with Crippen LogP contribution in [0.15, 0.2) is 188 Å². The van der Waals surface area contributed by atoms with Gasteiger partial charge in [0.25, 0.3) is 0 Å². The average Bonchev–Trinajstić information content (AvgIpc) is 3.82. The number of nitrogens with zero attached hydrogens (tertiary/aromatic N) is 1. The normalized spacial score (nSPS) is 22.1. The summed E-state index contributed by atoms with van der Waals surface area (Å²) in [6, 6.07) is 70.7. The number of benzene rings is 8. The van der Waals surface area contributed by atoms with Gasteiger partial charge in [-0.2, -0.15) is 0 Å². The molecule has 9 aromatic rings. The quantitative estimate of drug-likeness (QED) is 0.162. The Bertz CT molecular complexity index is 3070. The lowest BCUT2D eigenvalue weighted by Crippen LogP contribution is -2.55. The molecule has 4 fully saturated rings. The van der Waals surface area contributed by atoms with Gasteiger partial charge in [0.05, 0.1) is 0 Å². The Morgan fingerprint density at radius 3 is 1.65 bits per heavy atom. The van der Waals surface area contributed by atoms with Crippen LogP contribution in [0, 0.1) is 23.7 Å². The zero-order chi connectivity index (χ0) is 39.4. The van der Waals surface area contributed by atoms with Gasteiger partial charge in [0.15, 0.2) is 0 Å². The maximum atomic E-state index is 2.55. The summed E-state index contributed by atoms with van der Waals surface area (Å²) in [6.45, 7) is 0. The van der Waals surface area contributed by atoms with Gasteiger partial charge in [0.1, 0.15) is 0 Å². The van der Waals surface area contributed by atoms with Crippen molar-refractivity contribution in [3.63, 3.8) is 0 Å². The van der Waals surface area contributed by atoms with Gasteiger partial charge in [0.2, 0.25) is 0 Å². The first-order chi connectivity index (χ1) is 29.7. The van der Waals surface area contributed by atoms with Crippen LogP contribution in [0.5, 0.6) is 0 Å². The lowest BCUT2D eigenvalue weighted by Gasteiger charge is -2.61. The predicted octanol–water partition coefficient (Wildman–Crippen LogP) is 16.2. The van der Waals surface area contributed by atoms with Crippen LogP contribution < -0.4 is 4.90 Å². The van der Waals surface area contributed by atoms with Crippen molar-refractivity contribution in [2.45, 2.75) is 37.5 Å². The van der Waals surface area contributed by atoms with Gasteiger partial charge in [-0.3, -0.25) is 0 Å². The van der Waals surface area contributed by atoms with Crippen molar-refractivity contribution in [2.75, 3.05) is 4.90 Å². The van der Waals surface area contributed by atoms with Crippen LogP contribution in [0.1, 0.15) is 43.2 Å². The highest BCUT2D eigenvalue weighted by Gasteiger charge is 2.61. The first kappa shape index (κ1) is 34.6. The van der Waals surface area contributed by atoms with Crippen molar-refractivity contribution in [3.05, 3.63) is 199 Å². The number of hydrogen-bond donors (Lipinski definition) is 0. The minimum atomic E-state index is 0.211. The Morgan fingerprint density at radius 1 is 0.367 bits per heavy atom. The maximum absolute atomic E-state index is 2.55. The molecule has 0 N–H and O–H groups in total. The van der Waals surface area contributed by atoms with Crippen LogP contribution in [0.25, 0.3) is 64.7 Å². The van der Waals surface area contributed by atoms with E-state index in [1.54, 1.807) is 11.1 Å². The number of hydrogen-bond acceptors (Lipinski definition) is 2. The van der Waals surface area contributed by atoms with E-state index in [-0.39, 0.29) is 5.41 Å². The zero-order valence-electron chi connectivity index (χ0n) is 33.6. The highest BCUT2D eigenvalue weighted by Crippen LogP contribution is 2.69. The number of thiophene rings is 1. The first-order valence-electron chi connectivity index (χ1n) is 22.0. The van der Waals surface area contributed by atoms with E-state index in [1.807, 2.05) is 11.3 Å². The molecule has 1 aromatic heterocycles. The molecule has 0 saturated heterocycles. The van der Waals surface area contributed by atoms with Crippen molar-refractivity contribution in [1.82, 2.24) is 0 Å². The van der Waals surface area contributed by atoms with Crippen LogP contribution in [0.3, 0.4) is 0 Å². The molecule has 1 heterocycles. The van der Waals surface area contributed by atoms with Crippen LogP contribution in [0.2, 0.25) is 0 Å². The Balaban J connectivity index is 0.856. The largest absolute Gasteiger partial charge is 0.310 e. The monoisotopic (exact) mass is 787 g/mol.